The summed E-state index contributed by atoms with van der Waals surface area (Å²) in [5.74, 6) is 0.647. The fraction of sp³-hybridized carbons (Fsp3) is 0.286. The molecule has 2 N–H and O–H groups in total. The monoisotopic (exact) mass is 297 g/mol. The molecule has 1 aromatic carbocycles. The zero-order chi connectivity index (χ0) is 13.8. The van der Waals surface area contributed by atoms with Crippen molar-refractivity contribution in [3.05, 3.63) is 45.1 Å². The van der Waals surface area contributed by atoms with E-state index >= 15 is 0 Å². The summed E-state index contributed by atoms with van der Waals surface area (Å²) < 4.78 is 5.91. The first-order valence-corrected chi connectivity index (χ1v) is 7.14. The lowest BCUT2D eigenvalue weighted by atomic mass is 10.1. The molecule has 0 amide bonds. The molecule has 5 heteroatoms. The summed E-state index contributed by atoms with van der Waals surface area (Å²) in [6.07, 6.45) is 0. The maximum atomic E-state index is 9.57. The molecule has 0 saturated heterocycles. The van der Waals surface area contributed by atoms with E-state index in [1.165, 1.54) is 4.88 Å². The normalized spacial score (nSPS) is 12.4. The van der Waals surface area contributed by atoms with Gasteiger partial charge in [0.2, 0.25) is 0 Å². The molecule has 0 aliphatic rings. The van der Waals surface area contributed by atoms with Crippen molar-refractivity contribution in [3.63, 3.8) is 0 Å². The summed E-state index contributed by atoms with van der Waals surface area (Å²) >= 11 is 7.47. The predicted molar refractivity (Wildman–Crippen MR) is 79.2 cm³/mol. The Kier molecular flexibility index (Phi) is 4.69. The highest BCUT2D eigenvalue weighted by atomic mass is 35.5. The molecule has 3 nitrogen and oxygen atoms in total. The van der Waals surface area contributed by atoms with Gasteiger partial charge in [-0.3, -0.25) is 0 Å². The van der Waals surface area contributed by atoms with E-state index in [4.69, 9.17) is 16.3 Å². The average molecular weight is 298 g/mol. The molecule has 0 bridgehead atoms. The van der Waals surface area contributed by atoms with E-state index in [1.54, 1.807) is 24.5 Å². The Morgan fingerprint density at radius 2 is 2.16 bits per heavy atom. The molecule has 0 spiro atoms. The highest BCUT2D eigenvalue weighted by Gasteiger charge is 2.09. The number of halogens is 1. The first-order chi connectivity index (χ1) is 9.10. The Hall–Kier alpha value is -1.23. The van der Waals surface area contributed by atoms with Gasteiger partial charge in [-0.1, -0.05) is 17.7 Å². The van der Waals surface area contributed by atoms with Crippen molar-refractivity contribution in [2.75, 3.05) is 7.11 Å². The Bertz CT molecular complexity index is 556. The van der Waals surface area contributed by atoms with Crippen LogP contribution in [0.4, 0.5) is 0 Å². The van der Waals surface area contributed by atoms with Crippen LogP contribution in [0.25, 0.3) is 0 Å². The van der Waals surface area contributed by atoms with Crippen molar-refractivity contribution < 1.29 is 9.84 Å². The molecule has 102 valence electrons. The fourth-order valence-corrected chi connectivity index (χ4v) is 2.82. The molecule has 1 aromatic heterocycles. The lowest BCUT2D eigenvalue weighted by Crippen LogP contribution is -2.17. The number of thiophene rings is 1. The topological polar surface area (TPSA) is 41.5 Å². The number of rotatable bonds is 5. The quantitative estimate of drug-likeness (QED) is 0.877. The fourth-order valence-electron chi connectivity index (χ4n) is 1.78. The van der Waals surface area contributed by atoms with Gasteiger partial charge in [0.25, 0.3) is 0 Å². The van der Waals surface area contributed by atoms with Crippen molar-refractivity contribution in [2.45, 2.75) is 19.5 Å². The van der Waals surface area contributed by atoms with Gasteiger partial charge in [0.05, 0.1) is 11.4 Å². The Balaban J connectivity index is 2.01. The number of ether oxygens (including phenoxy) is 1. The van der Waals surface area contributed by atoms with E-state index in [0.29, 0.717) is 5.75 Å². The van der Waals surface area contributed by atoms with Gasteiger partial charge in [0.15, 0.2) is 11.5 Å². The lowest BCUT2D eigenvalue weighted by molar-refractivity contribution is 0.372. The average Bonchev–Trinajstić information content (AvgIpc) is 2.82. The summed E-state index contributed by atoms with van der Waals surface area (Å²) in [5.41, 5.74) is 1.07. The van der Waals surface area contributed by atoms with Gasteiger partial charge >= 0.3 is 0 Å². The molecule has 0 radical (unpaired) electrons. The number of benzene rings is 1. The molecule has 2 aromatic rings. The van der Waals surface area contributed by atoms with E-state index in [2.05, 4.69) is 12.2 Å². The van der Waals surface area contributed by atoms with Gasteiger partial charge in [0, 0.05) is 17.5 Å². The summed E-state index contributed by atoms with van der Waals surface area (Å²) in [6.45, 7) is 2.84. The molecule has 0 fully saturated rings. The van der Waals surface area contributed by atoms with Crippen LogP contribution in [0.2, 0.25) is 4.34 Å². The predicted octanol–water partition coefficient (Wildman–Crippen LogP) is 3.97. The first-order valence-electron chi connectivity index (χ1n) is 5.94. The standard InChI is InChI=1S/C14H16ClNO2S/c1-9(16-8-11-4-6-14(15)19-11)10-3-5-12(17)13(7-10)18-2/h3-7,9,16-17H,8H2,1-2H3. The van der Waals surface area contributed by atoms with Gasteiger partial charge in [0.1, 0.15) is 0 Å². The molecule has 1 heterocycles. The van der Waals surface area contributed by atoms with E-state index in [1.807, 2.05) is 24.3 Å². The number of hydrogen-bond acceptors (Lipinski definition) is 4. The molecule has 2 rings (SSSR count). The Morgan fingerprint density at radius 1 is 1.37 bits per heavy atom. The molecule has 0 aliphatic carbocycles. The van der Waals surface area contributed by atoms with Crippen molar-refractivity contribution in [2.24, 2.45) is 0 Å². The van der Waals surface area contributed by atoms with Crippen LogP contribution in [0.5, 0.6) is 11.5 Å². The molecule has 0 aliphatic heterocycles. The summed E-state index contributed by atoms with van der Waals surface area (Å²) in [4.78, 5) is 1.20. The number of phenols is 1. The van der Waals surface area contributed by atoms with Gasteiger partial charge < -0.3 is 15.2 Å². The third kappa shape index (κ3) is 3.62. The van der Waals surface area contributed by atoms with Crippen molar-refractivity contribution in [3.8, 4) is 11.5 Å². The van der Waals surface area contributed by atoms with E-state index < -0.39 is 0 Å². The molecular weight excluding hydrogens is 282 g/mol. The third-order valence-electron chi connectivity index (χ3n) is 2.92. The highest BCUT2D eigenvalue weighted by molar-refractivity contribution is 7.16. The van der Waals surface area contributed by atoms with E-state index in [0.717, 1.165) is 16.4 Å². The van der Waals surface area contributed by atoms with Crippen molar-refractivity contribution in [1.82, 2.24) is 5.32 Å². The van der Waals surface area contributed by atoms with E-state index in [9.17, 15) is 5.11 Å². The van der Waals surface area contributed by atoms with Gasteiger partial charge in [-0.25, -0.2) is 0 Å². The van der Waals surface area contributed by atoms with Gasteiger partial charge in [-0.2, -0.15) is 0 Å². The van der Waals surface area contributed by atoms with Crippen molar-refractivity contribution >= 4 is 22.9 Å². The zero-order valence-electron chi connectivity index (χ0n) is 10.8. The molecule has 19 heavy (non-hydrogen) atoms. The van der Waals surface area contributed by atoms with Crippen LogP contribution in [0.1, 0.15) is 23.4 Å². The highest BCUT2D eigenvalue weighted by Crippen LogP contribution is 2.29. The number of aromatic hydroxyl groups is 1. The van der Waals surface area contributed by atoms with Crippen LogP contribution in [0.15, 0.2) is 30.3 Å². The summed E-state index contributed by atoms with van der Waals surface area (Å²) in [7, 11) is 1.55. The maximum absolute atomic E-state index is 9.57. The minimum absolute atomic E-state index is 0.156. The summed E-state index contributed by atoms with van der Waals surface area (Å²) in [5, 5.41) is 13.0. The van der Waals surface area contributed by atoms with Crippen LogP contribution in [-0.4, -0.2) is 12.2 Å². The zero-order valence-corrected chi connectivity index (χ0v) is 12.4. The Morgan fingerprint density at radius 3 is 2.79 bits per heavy atom. The number of hydrogen-bond donors (Lipinski definition) is 2. The van der Waals surface area contributed by atoms with Crippen LogP contribution in [0, 0.1) is 0 Å². The minimum Gasteiger partial charge on any atom is -0.504 e. The minimum atomic E-state index is 0.156. The first kappa shape index (κ1) is 14.2. The smallest absolute Gasteiger partial charge is 0.160 e. The second-order valence-corrected chi connectivity index (χ2v) is 6.04. The Labute approximate surface area is 121 Å². The molecule has 0 saturated carbocycles. The maximum Gasteiger partial charge on any atom is 0.160 e. The second kappa shape index (κ2) is 6.28. The van der Waals surface area contributed by atoms with Crippen LogP contribution >= 0.6 is 22.9 Å². The SMILES string of the molecule is COc1cc(C(C)NCc2ccc(Cl)s2)ccc1O. The van der Waals surface area contributed by atoms with Gasteiger partial charge in [-0.15, -0.1) is 11.3 Å². The third-order valence-corrected chi connectivity index (χ3v) is 4.15. The molecular formula is C14H16ClNO2S. The molecule has 1 unspecified atom stereocenters. The van der Waals surface area contributed by atoms with E-state index in [-0.39, 0.29) is 11.8 Å². The second-order valence-electron chi connectivity index (χ2n) is 4.24. The van der Waals surface area contributed by atoms with Crippen LogP contribution in [-0.2, 0) is 6.54 Å². The summed E-state index contributed by atoms with van der Waals surface area (Å²) in [6, 6.07) is 9.46. The van der Waals surface area contributed by atoms with Crippen molar-refractivity contribution in [1.29, 1.82) is 0 Å². The largest absolute Gasteiger partial charge is 0.504 e. The number of methoxy groups -OCH3 is 1. The van der Waals surface area contributed by atoms with Gasteiger partial charge in [-0.05, 0) is 36.8 Å². The molecule has 1 atom stereocenters. The van der Waals surface area contributed by atoms with Crippen LogP contribution in [0.3, 0.4) is 0 Å². The number of nitrogens with one attached hydrogen (secondary N) is 1. The number of phenolic OH excluding ortho intramolecular Hbond substituents is 1. The lowest BCUT2D eigenvalue weighted by Gasteiger charge is -2.15. The van der Waals surface area contributed by atoms with Crippen LogP contribution < -0.4 is 10.1 Å².